The Morgan fingerprint density at radius 3 is 2.18 bits per heavy atom. The second-order valence-electron chi connectivity index (χ2n) is 13.6. The molecule has 1 unspecified atom stereocenters. The number of thioether (sulfide) groups is 1. The van der Waals surface area contributed by atoms with Crippen molar-refractivity contribution in [2.45, 2.75) is 42.1 Å². The van der Waals surface area contributed by atoms with Crippen molar-refractivity contribution in [3.8, 4) is 11.5 Å². The molecular formula is C44H44N7NaO8S. The van der Waals surface area contributed by atoms with E-state index in [1.54, 1.807) is 105 Å². The molecule has 61 heavy (non-hydrogen) atoms. The molecule has 0 bridgehead atoms. The Balaban J connectivity index is 0.000000267. The van der Waals surface area contributed by atoms with Crippen LogP contribution in [0.2, 0.25) is 0 Å². The molecule has 3 aliphatic heterocycles. The van der Waals surface area contributed by atoms with Crippen molar-refractivity contribution in [2.24, 2.45) is 4.99 Å². The number of pyridine rings is 1. The van der Waals surface area contributed by atoms with Crippen LogP contribution in [0.1, 0.15) is 41.4 Å². The fourth-order valence-corrected chi connectivity index (χ4v) is 7.69. The van der Waals surface area contributed by atoms with Gasteiger partial charge in [0.1, 0.15) is 46.4 Å². The van der Waals surface area contributed by atoms with Crippen molar-refractivity contribution in [3.05, 3.63) is 163 Å². The molecule has 17 heteroatoms. The number of carbonyl (C=O) groups excluding carboxylic acids is 4. The van der Waals surface area contributed by atoms with Gasteiger partial charge in [0, 0.05) is 35.1 Å². The van der Waals surface area contributed by atoms with Crippen LogP contribution in [0.5, 0.6) is 11.5 Å². The minimum absolute atomic E-state index is 0. The van der Waals surface area contributed by atoms with Crippen molar-refractivity contribution in [2.75, 3.05) is 6.54 Å². The standard InChI is InChI=1S/C24H26N6O5S.C13H10O3.C7H7N.Na.H/c1-24(2)18(23(34)35)30-21(33)17(22(30)36-24)29-20(32)16(13-6-4-3-5-7-13)28-15(31)12-27-19(25)14-8-10-26-11-9-14;14-12-9-5-4-8-11(12)13(15)16-10-6-2-1-3-7-10;1-2-4-6-8-7-5-3-1;;/h3-11,16-18,22H,12H2,1-2H3,(H2,25,27)(H,28,31)(H,29,32)(H,34,35);1-9,14H;1-7H;;/t16?,17-,18+,22-;;;;/m1..../s1. The van der Waals surface area contributed by atoms with Crippen LogP contribution in [0.25, 0.3) is 0 Å². The van der Waals surface area contributed by atoms with Crippen LogP contribution in [-0.4, -0.2) is 120 Å². The van der Waals surface area contributed by atoms with Gasteiger partial charge in [-0.15, -0.1) is 11.8 Å². The van der Waals surface area contributed by atoms with E-state index in [2.05, 4.69) is 25.9 Å². The Labute approximate surface area is 378 Å². The Hall–Kier alpha value is -6.33. The number of amides is 3. The zero-order valence-electron chi connectivity index (χ0n) is 32.5. The van der Waals surface area contributed by atoms with Gasteiger partial charge in [0.15, 0.2) is 0 Å². The predicted octanol–water partition coefficient (Wildman–Crippen LogP) is 4.15. The summed E-state index contributed by atoms with van der Waals surface area (Å²) in [4.78, 5) is 71.2. The third-order valence-electron chi connectivity index (χ3n) is 8.93. The van der Waals surface area contributed by atoms with E-state index in [0.717, 1.165) is 0 Å². The second kappa shape index (κ2) is 22.9. The number of carboxylic acids is 1. The molecule has 1 aromatic heterocycles. The number of nitrogens with zero attached hydrogens (tertiary/aromatic N) is 3. The molecule has 4 aromatic rings. The van der Waals surface area contributed by atoms with E-state index < -0.39 is 57.9 Å². The molecular weight excluding hydrogens is 810 g/mol. The van der Waals surface area contributed by atoms with E-state index in [-0.39, 0.29) is 53.3 Å². The second-order valence-corrected chi connectivity index (χ2v) is 15.4. The van der Waals surface area contributed by atoms with Crippen LogP contribution in [0.4, 0.5) is 0 Å². The number of hydrogen-bond donors (Lipinski definition) is 6. The van der Waals surface area contributed by atoms with Crippen molar-refractivity contribution in [3.63, 3.8) is 0 Å². The number of aromatic hydroxyl groups is 1. The molecule has 7 rings (SSSR count). The molecule has 0 saturated carbocycles. The molecule has 3 aromatic carbocycles. The van der Waals surface area contributed by atoms with Gasteiger partial charge >= 0.3 is 41.5 Å². The SMILES string of the molecule is C1=CC=CN=CC=C1.CC1(C)S[C@@H]2[C@H](NC(=O)C(NC(=O)CNC(=N)c3ccncc3)c3ccccc3)C(=O)N2[C@H]1C(=O)O.O=C(Oc1ccccc1)c1ccccc1O.[NaH]. The molecule has 0 spiro atoms. The number of amidine groups is 1. The van der Waals surface area contributed by atoms with Crippen molar-refractivity contribution in [1.82, 2.24) is 25.8 Å². The van der Waals surface area contributed by atoms with Crippen molar-refractivity contribution in [1.29, 1.82) is 5.41 Å². The number of hydrogen-bond acceptors (Lipinski definition) is 11. The number of fused-ring (bicyclic) bond motifs is 1. The van der Waals surface area contributed by atoms with E-state index in [9.17, 15) is 34.2 Å². The van der Waals surface area contributed by atoms with Gasteiger partial charge in [0.05, 0.1) is 6.54 Å². The first-order valence-electron chi connectivity index (χ1n) is 18.5. The number of phenols is 1. The fourth-order valence-electron chi connectivity index (χ4n) is 6.07. The first-order valence-corrected chi connectivity index (χ1v) is 19.4. The maximum atomic E-state index is 13.3. The number of aromatic nitrogens is 1. The van der Waals surface area contributed by atoms with Crippen LogP contribution < -0.4 is 20.7 Å². The molecule has 15 nitrogen and oxygen atoms in total. The number of benzene rings is 3. The van der Waals surface area contributed by atoms with Gasteiger partial charge in [-0.1, -0.05) is 78.9 Å². The molecule has 310 valence electrons. The topological polar surface area (TPSA) is 223 Å². The average molecular weight is 854 g/mol. The summed E-state index contributed by atoms with van der Waals surface area (Å²) in [6, 6.07) is 23.9. The fraction of sp³-hybridized carbons (Fsp3) is 0.182. The third-order valence-corrected chi connectivity index (χ3v) is 10.5. The number of carbonyl (C=O) groups is 5. The number of esters is 1. The van der Waals surface area contributed by atoms with Crippen LogP contribution in [0.3, 0.4) is 0 Å². The first-order chi connectivity index (χ1) is 28.9. The van der Waals surface area contributed by atoms with Crippen molar-refractivity contribution < 1.29 is 38.9 Å². The number of β-lactam (4-membered cyclic amide) rings is 1. The summed E-state index contributed by atoms with van der Waals surface area (Å²) in [6.07, 6.45) is 16.2. The van der Waals surface area contributed by atoms with E-state index in [1.165, 1.54) is 41.2 Å². The predicted molar refractivity (Wildman–Crippen MR) is 235 cm³/mol. The first kappa shape index (κ1) is 47.3. The summed E-state index contributed by atoms with van der Waals surface area (Å²) in [7, 11) is 0. The van der Waals surface area contributed by atoms with Gasteiger partial charge in [-0.3, -0.25) is 29.8 Å². The number of para-hydroxylation sites is 2. The average Bonchev–Trinajstić information content (AvgIpc) is 3.49. The number of rotatable bonds is 10. The normalized spacial score (nSPS) is 18.0. The molecule has 6 N–H and O–H groups in total. The van der Waals surface area contributed by atoms with E-state index in [4.69, 9.17) is 10.1 Å². The molecule has 3 amide bonds. The van der Waals surface area contributed by atoms with E-state index in [1.807, 2.05) is 36.4 Å². The molecule has 4 heterocycles. The van der Waals surface area contributed by atoms with Crippen LogP contribution in [-0.2, 0) is 19.2 Å². The van der Waals surface area contributed by atoms with Gasteiger partial charge in [-0.25, -0.2) is 9.59 Å². The Morgan fingerprint density at radius 2 is 1.51 bits per heavy atom. The third kappa shape index (κ3) is 13.1. The van der Waals surface area contributed by atoms with Gasteiger partial charge in [0.2, 0.25) is 17.7 Å². The van der Waals surface area contributed by atoms with Crippen LogP contribution in [0, 0.1) is 5.41 Å². The van der Waals surface area contributed by atoms with Crippen molar-refractivity contribution >= 4 is 83.0 Å². The summed E-state index contributed by atoms with van der Waals surface area (Å²) in [5, 5.41) is 34.7. The zero-order chi connectivity index (χ0) is 43.1. The minimum atomic E-state index is -1.09. The molecule has 0 aliphatic carbocycles. The van der Waals surface area contributed by atoms with Gasteiger partial charge in [-0.05, 0) is 68.0 Å². The molecule has 3 aliphatic rings. The Bertz CT molecular complexity index is 2240. The van der Waals surface area contributed by atoms with E-state index >= 15 is 0 Å². The number of aliphatic carboxylic acids is 1. The van der Waals surface area contributed by atoms with Crippen LogP contribution >= 0.6 is 11.8 Å². The summed E-state index contributed by atoms with van der Waals surface area (Å²) < 4.78 is 4.36. The number of carboxylic acid groups (broad SMARTS) is 1. The van der Waals surface area contributed by atoms with Gasteiger partial charge in [-0.2, -0.15) is 0 Å². The quantitative estimate of drug-likeness (QED) is 0.0332. The van der Waals surface area contributed by atoms with Crippen LogP contribution in [0.15, 0.2) is 151 Å². The van der Waals surface area contributed by atoms with E-state index in [0.29, 0.717) is 16.9 Å². The molecule has 2 saturated heterocycles. The maximum absolute atomic E-state index is 13.3. The number of aliphatic imine (C=N–C) groups is 1. The molecule has 2 fully saturated rings. The number of nitrogens with one attached hydrogen (secondary N) is 4. The number of allylic oxidation sites excluding steroid dienone is 5. The monoisotopic (exact) mass is 853 g/mol. The Kier molecular flexibility index (Phi) is 17.8. The summed E-state index contributed by atoms with van der Waals surface area (Å²) in [5.41, 5.74) is 1.23. The number of phenolic OH excluding ortho intramolecular Hbond substituents is 1. The summed E-state index contributed by atoms with van der Waals surface area (Å²) >= 11 is 1.32. The number of ether oxygens (including phenoxy) is 1. The summed E-state index contributed by atoms with van der Waals surface area (Å²) in [6.45, 7) is 3.26. The van der Waals surface area contributed by atoms with Gasteiger partial charge in [0.25, 0.3) is 0 Å². The molecule has 4 atom stereocenters. The molecule has 0 radical (unpaired) electrons. The Morgan fingerprint density at radius 1 is 0.885 bits per heavy atom. The summed E-state index contributed by atoms with van der Waals surface area (Å²) in [5.74, 6) is -2.83. The zero-order valence-corrected chi connectivity index (χ0v) is 33.4. The van der Waals surface area contributed by atoms with Gasteiger partial charge < -0.3 is 35.8 Å².